The minimum absolute atomic E-state index is 0.0417. The van der Waals surface area contributed by atoms with Gasteiger partial charge in [0, 0.05) is 12.2 Å². The first-order chi connectivity index (χ1) is 8.02. The van der Waals surface area contributed by atoms with Crippen LogP contribution in [0.25, 0.3) is 0 Å². The van der Waals surface area contributed by atoms with Gasteiger partial charge in [-0.2, -0.15) is 0 Å². The van der Waals surface area contributed by atoms with E-state index in [0.29, 0.717) is 13.0 Å². The van der Waals surface area contributed by atoms with E-state index in [-0.39, 0.29) is 12.2 Å². The van der Waals surface area contributed by atoms with Crippen LogP contribution in [0.1, 0.15) is 18.9 Å². The van der Waals surface area contributed by atoms with Crippen molar-refractivity contribution in [1.29, 1.82) is 0 Å². The molecule has 0 fully saturated rings. The number of aliphatic carboxylic acids is 1. The molecule has 0 amide bonds. The Kier molecular flexibility index (Phi) is 4.60. The summed E-state index contributed by atoms with van der Waals surface area (Å²) in [6, 6.07) is 5.77. The second-order valence-electron chi connectivity index (χ2n) is 3.91. The molecule has 1 rings (SSSR count). The zero-order valence-electron chi connectivity index (χ0n) is 9.61. The third-order valence-corrected chi connectivity index (χ3v) is 2.65. The van der Waals surface area contributed by atoms with Gasteiger partial charge in [0.1, 0.15) is 11.4 Å². The number of rotatable bonds is 6. The van der Waals surface area contributed by atoms with Gasteiger partial charge in [-0.3, -0.25) is 5.32 Å². The minimum Gasteiger partial charge on any atom is -0.480 e. The van der Waals surface area contributed by atoms with Crippen LogP contribution in [0.5, 0.6) is 0 Å². The van der Waals surface area contributed by atoms with E-state index in [0.717, 1.165) is 0 Å². The normalized spacial score (nSPS) is 14.3. The second kappa shape index (κ2) is 5.75. The first-order valence-electron chi connectivity index (χ1n) is 5.36. The van der Waals surface area contributed by atoms with E-state index in [9.17, 15) is 14.3 Å². The number of carbonyl (C=O) groups is 1. The summed E-state index contributed by atoms with van der Waals surface area (Å²) in [6.07, 6.45) is 0.414. The van der Waals surface area contributed by atoms with Gasteiger partial charge in [0.05, 0.1) is 0 Å². The van der Waals surface area contributed by atoms with Crippen LogP contribution in [0.2, 0.25) is 0 Å². The summed E-state index contributed by atoms with van der Waals surface area (Å²) in [6.45, 7) is 1.67. The van der Waals surface area contributed by atoms with Gasteiger partial charge in [0.25, 0.3) is 0 Å². The van der Waals surface area contributed by atoms with Crippen molar-refractivity contribution in [2.45, 2.75) is 18.9 Å². The van der Waals surface area contributed by atoms with Crippen molar-refractivity contribution in [2.75, 3.05) is 13.2 Å². The van der Waals surface area contributed by atoms with Crippen LogP contribution < -0.4 is 5.32 Å². The van der Waals surface area contributed by atoms with E-state index >= 15 is 0 Å². The number of carboxylic acid groups (broad SMARTS) is 1. The molecule has 5 heteroatoms. The maximum Gasteiger partial charge on any atom is 0.328 e. The summed E-state index contributed by atoms with van der Waals surface area (Å²) in [4.78, 5) is 11.3. The molecule has 0 saturated carbocycles. The molecule has 0 spiro atoms. The third kappa shape index (κ3) is 3.01. The predicted octanol–water partition coefficient (Wildman–Crippen LogP) is 1.10. The van der Waals surface area contributed by atoms with Crippen LogP contribution in [-0.4, -0.2) is 29.3 Å². The van der Waals surface area contributed by atoms with E-state index in [4.69, 9.17) is 5.11 Å². The second-order valence-corrected chi connectivity index (χ2v) is 3.91. The molecular formula is C12H16FNO3. The fourth-order valence-corrected chi connectivity index (χ4v) is 1.57. The van der Waals surface area contributed by atoms with Gasteiger partial charge in [-0.05, 0) is 26.0 Å². The van der Waals surface area contributed by atoms with Crippen LogP contribution in [-0.2, 0) is 10.3 Å². The zero-order valence-corrected chi connectivity index (χ0v) is 9.61. The van der Waals surface area contributed by atoms with Crippen LogP contribution in [0.15, 0.2) is 24.3 Å². The summed E-state index contributed by atoms with van der Waals surface area (Å²) < 4.78 is 13.6. The van der Waals surface area contributed by atoms with Gasteiger partial charge in [-0.25, -0.2) is 9.18 Å². The molecule has 17 heavy (non-hydrogen) atoms. The molecule has 0 saturated heterocycles. The molecule has 1 unspecified atom stereocenters. The number of hydrogen-bond acceptors (Lipinski definition) is 3. The average molecular weight is 241 g/mol. The minimum atomic E-state index is -1.49. The first kappa shape index (κ1) is 13.6. The summed E-state index contributed by atoms with van der Waals surface area (Å²) in [5.74, 6) is -1.71. The van der Waals surface area contributed by atoms with E-state index < -0.39 is 17.3 Å². The molecule has 3 N–H and O–H groups in total. The van der Waals surface area contributed by atoms with Gasteiger partial charge in [0.15, 0.2) is 0 Å². The van der Waals surface area contributed by atoms with Crippen LogP contribution in [0.3, 0.4) is 0 Å². The Labute approximate surface area is 99.1 Å². The maximum absolute atomic E-state index is 13.6. The maximum atomic E-state index is 13.6. The lowest BCUT2D eigenvalue weighted by atomic mass is 9.91. The van der Waals surface area contributed by atoms with E-state index in [1.807, 2.05) is 0 Å². The highest BCUT2D eigenvalue weighted by molar-refractivity contribution is 5.80. The average Bonchev–Trinajstić information content (AvgIpc) is 2.29. The third-order valence-electron chi connectivity index (χ3n) is 2.65. The first-order valence-corrected chi connectivity index (χ1v) is 5.36. The van der Waals surface area contributed by atoms with E-state index in [1.165, 1.54) is 25.1 Å². The summed E-state index contributed by atoms with van der Waals surface area (Å²) in [5.41, 5.74) is -1.40. The van der Waals surface area contributed by atoms with Crippen molar-refractivity contribution < 1.29 is 19.4 Å². The number of aliphatic hydroxyl groups excluding tert-OH is 1. The molecular weight excluding hydrogens is 225 g/mol. The SMILES string of the molecule is CC(NCCCO)(C(=O)O)c1ccccc1F. The fourth-order valence-electron chi connectivity index (χ4n) is 1.57. The van der Waals surface area contributed by atoms with Crippen LogP contribution in [0.4, 0.5) is 4.39 Å². The molecule has 0 aliphatic rings. The number of nitrogens with one attached hydrogen (secondary N) is 1. The quantitative estimate of drug-likeness (QED) is 0.652. The zero-order chi connectivity index (χ0) is 12.9. The van der Waals surface area contributed by atoms with Crippen molar-refractivity contribution in [3.63, 3.8) is 0 Å². The van der Waals surface area contributed by atoms with E-state index in [2.05, 4.69) is 5.32 Å². The Morgan fingerprint density at radius 1 is 1.47 bits per heavy atom. The van der Waals surface area contributed by atoms with Crippen molar-refractivity contribution >= 4 is 5.97 Å². The Morgan fingerprint density at radius 3 is 2.65 bits per heavy atom. The largest absolute Gasteiger partial charge is 0.480 e. The van der Waals surface area contributed by atoms with Gasteiger partial charge in [0.2, 0.25) is 0 Å². The number of hydrogen-bond donors (Lipinski definition) is 3. The molecule has 4 nitrogen and oxygen atoms in total. The molecule has 0 aromatic heterocycles. The van der Waals surface area contributed by atoms with Crippen molar-refractivity contribution in [1.82, 2.24) is 5.32 Å². The fraction of sp³-hybridized carbons (Fsp3) is 0.417. The van der Waals surface area contributed by atoms with Crippen molar-refractivity contribution in [3.8, 4) is 0 Å². The Bertz CT molecular complexity index is 397. The standard InChI is InChI=1S/C12H16FNO3/c1-12(11(16)17,14-7-4-8-15)9-5-2-3-6-10(9)13/h2-3,5-6,14-15H,4,7-8H2,1H3,(H,16,17). The number of aliphatic hydroxyl groups is 1. The van der Waals surface area contributed by atoms with E-state index in [1.54, 1.807) is 6.07 Å². The van der Waals surface area contributed by atoms with Gasteiger partial charge >= 0.3 is 5.97 Å². The lowest BCUT2D eigenvalue weighted by Gasteiger charge is -2.27. The molecule has 1 aromatic rings. The molecule has 0 radical (unpaired) electrons. The highest BCUT2D eigenvalue weighted by Gasteiger charge is 2.36. The monoisotopic (exact) mass is 241 g/mol. The topological polar surface area (TPSA) is 69.6 Å². The molecule has 0 aliphatic carbocycles. The molecule has 0 heterocycles. The predicted molar refractivity (Wildman–Crippen MR) is 61.1 cm³/mol. The molecule has 1 atom stereocenters. The van der Waals surface area contributed by atoms with Gasteiger partial charge in [-0.15, -0.1) is 0 Å². The Hall–Kier alpha value is -1.46. The highest BCUT2D eigenvalue weighted by Crippen LogP contribution is 2.23. The summed E-state index contributed by atoms with van der Waals surface area (Å²) in [7, 11) is 0. The Balaban J connectivity index is 2.99. The number of carboxylic acids is 1. The lowest BCUT2D eigenvalue weighted by molar-refractivity contribution is -0.144. The smallest absolute Gasteiger partial charge is 0.328 e. The molecule has 0 aliphatic heterocycles. The lowest BCUT2D eigenvalue weighted by Crippen LogP contribution is -2.47. The molecule has 94 valence electrons. The summed E-state index contributed by atoms with van der Waals surface area (Å²) >= 11 is 0. The number of benzene rings is 1. The van der Waals surface area contributed by atoms with Crippen molar-refractivity contribution in [2.24, 2.45) is 0 Å². The molecule has 1 aromatic carbocycles. The van der Waals surface area contributed by atoms with Crippen molar-refractivity contribution in [3.05, 3.63) is 35.6 Å². The Morgan fingerprint density at radius 2 is 2.12 bits per heavy atom. The highest BCUT2D eigenvalue weighted by atomic mass is 19.1. The molecule has 0 bridgehead atoms. The van der Waals surface area contributed by atoms with Gasteiger partial charge in [-0.1, -0.05) is 18.2 Å². The van der Waals surface area contributed by atoms with Crippen LogP contribution >= 0.6 is 0 Å². The van der Waals surface area contributed by atoms with Gasteiger partial charge < -0.3 is 10.2 Å². The van der Waals surface area contributed by atoms with Crippen LogP contribution in [0, 0.1) is 5.82 Å². The summed E-state index contributed by atoms with van der Waals surface area (Å²) in [5, 5.41) is 20.6. The number of halogens is 1.